The Morgan fingerprint density at radius 1 is 1.37 bits per heavy atom. The van der Waals surface area contributed by atoms with Gasteiger partial charge in [0, 0.05) is 0 Å². The van der Waals surface area contributed by atoms with Crippen LogP contribution in [0.1, 0.15) is 59.8 Å². The zero-order chi connectivity index (χ0) is 14.7. The van der Waals surface area contributed by atoms with Crippen LogP contribution in [0.3, 0.4) is 0 Å². The molecule has 0 amide bonds. The van der Waals surface area contributed by atoms with E-state index in [1.54, 1.807) is 6.92 Å². The molecule has 0 aliphatic rings. The molecule has 2 N–H and O–H groups in total. The zero-order valence-electron chi connectivity index (χ0n) is 13.0. The summed E-state index contributed by atoms with van der Waals surface area (Å²) in [7, 11) is 0. The number of hydrogen-bond donors (Lipinski definition) is 2. The van der Waals surface area contributed by atoms with E-state index in [2.05, 4.69) is 26.1 Å². The second kappa shape index (κ2) is 10.6. The molecule has 0 aliphatic heterocycles. The van der Waals surface area contributed by atoms with Crippen molar-refractivity contribution >= 4 is 17.7 Å². The third-order valence-electron chi connectivity index (χ3n) is 3.55. The molecule has 2 unspecified atom stereocenters. The van der Waals surface area contributed by atoms with Gasteiger partial charge in [0.15, 0.2) is 0 Å². The van der Waals surface area contributed by atoms with E-state index in [9.17, 15) is 9.90 Å². The van der Waals surface area contributed by atoms with Crippen LogP contribution >= 0.6 is 11.8 Å². The van der Waals surface area contributed by atoms with Gasteiger partial charge in [-0.2, -0.15) is 11.8 Å². The van der Waals surface area contributed by atoms with Crippen molar-refractivity contribution in [1.29, 1.82) is 0 Å². The highest BCUT2D eigenvalue weighted by atomic mass is 32.2. The first-order valence-electron chi connectivity index (χ1n) is 7.52. The third kappa shape index (κ3) is 8.53. The van der Waals surface area contributed by atoms with Crippen LogP contribution in [-0.4, -0.2) is 34.7 Å². The fraction of sp³-hybridized carbons (Fsp3) is 0.933. The van der Waals surface area contributed by atoms with Crippen LogP contribution in [0.25, 0.3) is 0 Å². The van der Waals surface area contributed by atoms with Gasteiger partial charge in [-0.25, -0.2) is 0 Å². The maximum atomic E-state index is 11.3. The highest BCUT2D eigenvalue weighted by Gasteiger charge is 2.31. The van der Waals surface area contributed by atoms with Gasteiger partial charge >= 0.3 is 5.97 Å². The Labute approximate surface area is 122 Å². The fourth-order valence-electron chi connectivity index (χ4n) is 1.76. The summed E-state index contributed by atoms with van der Waals surface area (Å²) >= 11 is 1.99. The van der Waals surface area contributed by atoms with Crippen molar-refractivity contribution in [2.24, 2.45) is 5.92 Å². The fourth-order valence-corrected chi connectivity index (χ4v) is 2.97. The second-order valence-electron chi connectivity index (χ2n) is 5.61. The molecule has 2 atom stereocenters. The van der Waals surface area contributed by atoms with Crippen molar-refractivity contribution in [2.75, 3.05) is 18.1 Å². The van der Waals surface area contributed by atoms with E-state index in [1.165, 1.54) is 12.2 Å². The van der Waals surface area contributed by atoms with Crippen LogP contribution < -0.4 is 5.32 Å². The Morgan fingerprint density at radius 3 is 2.58 bits per heavy atom. The first kappa shape index (κ1) is 18.8. The number of carboxylic acids is 1. The number of rotatable bonds is 12. The second-order valence-corrected chi connectivity index (χ2v) is 6.76. The van der Waals surface area contributed by atoms with Crippen LogP contribution in [-0.2, 0) is 4.79 Å². The van der Waals surface area contributed by atoms with Gasteiger partial charge in [-0.1, -0.05) is 33.6 Å². The Balaban J connectivity index is 3.79. The number of carbonyl (C=O) groups is 1. The normalized spacial score (nSPS) is 16.0. The number of nitrogens with one attached hydrogen (secondary N) is 1. The lowest BCUT2D eigenvalue weighted by atomic mass is 9.95. The largest absolute Gasteiger partial charge is 0.480 e. The summed E-state index contributed by atoms with van der Waals surface area (Å²) in [6.07, 6.45) is 5.01. The van der Waals surface area contributed by atoms with Gasteiger partial charge in [0.05, 0.1) is 0 Å². The molecule has 0 aliphatic carbocycles. The molecule has 0 bridgehead atoms. The van der Waals surface area contributed by atoms with E-state index in [4.69, 9.17) is 0 Å². The summed E-state index contributed by atoms with van der Waals surface area (Å²) in [6, 6.07) is 0. The standard InChI is InChI=1S/C15H31NO2S/c1-5-10-16-15(4,14(17)18)9-7-8-11-19-12-13(3)6-2/h13,16H,5-12H2,1-4H3,(H,17,18). The van der Waals surface area contributed by atoms with E-state index in [1.807, 2.05) is 11.8 Å². The summed E-state index contributed by atoms with van der Waals surface area (Å²) in [5.74, 6) is 2.43. The third-order valence-corrected chi connectivity index (χ3v) is 4.93. The summed E-state index contributed by atoms with van der Waals surface area (Å²) in [5.41, 5.74) is -0.753. The Bertz CT molecular complexity index is 248. The van der Waals surface area contributed by atoms with E-state index < -0.39 is 11.5 Å². The van der Waals surface area contributed by atoms with E-state index in [0.29, 0.717) is 6.42 Å². The van der Waals surface area contributed by atoms with Crippen LogP contribution in [0, 0.1) is 5.92 Å². The van der Waals surface area contributed by atoms with Crippen molar-refractivity contribution in [3.63, 3.8) is 0 Å². The lowest BCUT2D eigenvalue weighted by Gasteiger charge is -2.26. The van der Waals surface area contributed by atoms with Gasteiger partial charge in [-0.3, -0.25) is 4.79 Å². The molecule has 0 heterocycles. The number of carboxylic acid groups (broad SMARTS) is 1. The maximum Gasteiger partial charge on any atom is 0.323 e. The smallest absolute Gasteiger partial charge is 0.323 e. The first-order valence-corrected chi connectivity index (χ1v) is 8.67. The molecule has 0 rings (SSSR count). The number of hydrogen-bond acceptors (Lipinski definition) is 3. The van der Waals surface area contributed by atoms with Crippen LogP contribution in [0.4, 0.5) is 0 Å². The van der Waals surface area contributed by atoms with Crippen molar-refractivity contribution in [2.45, 2.75) is 65.3 Å². The quantitative estimate of drug-likeness (QED) is 0.537. The van der Waals surface area contributed by atoms with Gasteiger partial charge in [0.2, 0.25) is 0 Å². The van der Waals surface area contributed by atoms with Gasteiger partial charge in [0.1, 0.15) is 5.54 Å². The Kier molecular flexibility index (Phi) is 10.4. The molecule has 0 fully saturated rings. The molecule has 0 aromatic heterocycles. The van der Waals surface area contributed by atoms with Crippen molar-refractivity contribution in [1.82, 2.24) is 5.32 Å². The Morgan fingerprint density at radius 2 is 2.05 bits per heavy atom. The van der Waals surface area contributed by atoms with E-state index in [0.717, 1.165) is 37.5 Å². The molecule has 4 heteroatoms. The first-order chi connectivity index (χ1) is 8.96. The monoisotopic (exact) mass is 289 g/mol. The number of thioether (sulfide) groups is 1. The van der Waals surface area contributed by atoms with Crippen LogP contribution in [0.15, 0.2) is 0 Å². The topological polar surface area (TPSA) is 49.3 Å². The van der Waals surface area contributed by atoms with Gasteiger partial charge in [-0.15, -0.1) is 0 Å². The van der Waals surface area contributed by atoms with Gasteiger partial charge < -0.3 is 10.4 Å². The van der Waals surface area contributed by atoms with Crippen molar-refractivity contribution < 1.29 is 9.90 Å². The predicted octanol–water partition coefficient (Wildman–Crippen LogP) is 3.78. The molecule has 0 saturated heterocycles. The molecule has 0 saturated carbocycles. The number of unbranched alkanes of at least 4 members (excludes halogenated alkanes) is 1. The minimum absolute atomic E-state index is 0.715. The summed E-state index contributed by atoms with van der Waals surface area (Å²) in [5, 5.41) is 12.5. The average molecular weight is 289 g/mol. The summed E-state index contributed by atoms with van der Waals surface area (Å²) < 4.78 is 0. The molecule has 0 aromatic rings. The van der Waals surface area contributed by atoms with Crippen molar-refractivity contribution in [3.8, 4) is 0 Å². The van der Waals surface area contributed by atoms with E-state index in [-0.39, 0.29) is 0 Å². The molecule has 3 nitrogen and oxygen atoms in total. The molecule has 0 aromatic carbocycles. The lowest BCUT2D eigenvalue weighted by Crippen LogP contribution is -2.49. The van der Waals surface area contributed by atoms with Gasteiger partial charge in [-0.05, 0) is 50.2 Å². The molecule has 114 valence electrons. The zero-order valence-corrected chi connectivity index (χ0v) is 13.8. The highest BCUT2D eigenvalue weighted by molar-refractivity contribution is 7.99. The highest BCUT2D eigenvalue weighted by Crippen LogP contribution is 2.18. The molecular weight excluding hydrogens is 258 g/mol. The Hall–Kier alpha value is -0.220. The molecular formula is C15H31NO2S. The molecule has 0 radical (unpaired) electrons. The molecule has 19 heavy (non-hydrogen) atoms. The predicted molar refractivity (Wildman–Crippen MR) is 85.0 cm³/mol. The summed E-state index contributed by atoms with van der Waals surface area (Å²) in [4.78, 5) is 11.3. The van der Waals surface area contributed by atoms with Crippen LogP contribution in [0.2, 0.25) is 0 Å². The van der Waals surface area contributed by atoms with Crippen molar-refractivity contribution in [3.05, 3.63) is 0 Å². The lowest BCUT2D eigenvalue weighted by molar-refractivity contribution is -0.144. The maximum absolute atomic E-state index is 11.3. The van der Waals surface area contributed by atoms with Crippen LogP contribution in [0.5, 0.6) is 0 Å². The minimum Gasteiger partial charge on any atom is -0.480 e. The summed E-state index contributed by atoms with van der Waals surface area (Å²) in [6.45, 7) is 9.13. The molecule has 0 spiro atoms. The average Bonchev–Trinajstić information content (AvgIpc) is 2.39. The SMILES string of the molecule is CCCNC(C)(CCCCSCC(C)CC)C(=O)O. The minimum atomic E-state index is -0.753. The number of aliphatic carboxylic acids is 1. The van der Waals surface area contributed by atoms with E-state index >= 15 is 0 Å². The van der Waals surface area contributed by atoms with Gasteiger partial charge in [0.25, 0.3) is 0 Å².